The van der Waals surface area contributed by atoms with Gasteiger partial charge in [0.15, 0.2) is 6.61 Å². The molecule has 0 fully saturated rings. The molecule has 0 aliphatic heterocycles. The Bertz CT molecular complexity index is 774. The first-order valence-corrected chi connectivity index (χ1v) is 7.69. The summed E-state index contributed by atoms with van der Waals surface area (Å²) in [6.45, 7) is 3.26. The van der Waals surface area contributed by atoms with Gasteiger partial charge in [0, 0.05) is 23.9 Å². The fourth-order valence-electron chi connectivity index (χ4n) is 2.35. The molecule has 0 unspecified atom stereocenters. The maximum atomic E-state index is 12.4. The number of rotatable bonds is 6. The van der Waals surface area contributed by atoms with E-state index in [4.69, 9.17) is 4.74 Å². The number of carbonyl (C=O) groups is 2. The molecule has 0 aliphatic rings. The van der Waals surface area contributed by atoms with E-state index in [-0.39, 0.29) is 23.2 Å². The number of para-hydroxylation sites is 1. The van der Waals surface area contributed by atoms with Gasteiger partial charge in [-0.25, -0.2) is 4.79 Å². The van der Waals surface area contributed by atoms with E-state index in [1.165, 1.54) is 23.1 Å². The molecule has 0 atom stereocenters. The van der Waals surface area contributed by atoms with Crippen LogP contribution in [0.5, 0.6) is 0 Å². The van der Waals surface area contributed by atoms with Gasteiger partial charge >= 0.3 is 5.97 Å². The number of esters is 1. The Morgan fingerprint density at radius 1 is 1.12 bits per heavy atom. The standard InChI is InChI=1S/C18H18N2O5/c1-13(2)19(15-8-4-3-5-9-15)17(21)12-25-18(22)14-7-6-10-16(11-14)20(23)24/h3-11,13H,12H2,1-2H3. The fourth-order valence-corrected chi connectivity index (χ4v) is 2.35. The van der Waals surface area contributed by atoms with Gasteiger partial charge in [0.05, 0.1) is 10.5 Å². The van der Waals surface area contributed by atoms with Crippen LogP contribution in [0.2, 0.25) is 0 Å². The second kappa shape index (κ2) is 8.05. The number of hydrogen-bond acceptors (Lipinski definition) is 5. The monoisotopic (exact) mass is 342 g/mol. The van der Waals surface area contributed by atoms with Crippen molar-refractivity contribution < 1.29 is 19.2 Å². The van der Waals surface area contributed by atoms with Crippen LogP contribution >= 0.6 is 0 Å². The molecule has 0 saturated heterocycles. The molecule has 7 nitrogen and oxygen atoms in total. The third kappa shape index (κ3) is 4.63. The highest BCUT2D eigenvalue weighted by Gasteiger charge is 2.21. The second-order valence-corrected chi connectivity index (χ2v) is 5.58. The zero-order chi connectivity index (χ0) is 18.4. The zero-order valence-electron chi connectivity index (χ0n) is 13.9. The maximum absolute atomic E-state index is 12.4. The maximum Gasteiger partial charge on any atom is 0.338 e. The molecular formula is C18H18N2O5. The number of nitro groups is 1. The van der Waals surface area contributed by atoms with Gasteiger partial charge in [-0.05, 0) is 32.0 Å². The summed E-state index contributed by atoms with van der Waals surface area (Å²) in [5.41, 5.74) is 0.514. The zero-order valence-corrected chi connectivity index (χ0v) is 13.9. The molecule has 2 aromatic rings. The summed E-state index contributed by atoms with van der Waals surface area (Å²) in [7, 11) is 0. The van der Waals surface area contributed by atoms with Crippen LogP contribution in [0, 0.1) is 10.1 Å². The van der Waals surface area contributed by atoms with E-state index in [1.807, 2.05) is 32.0 Å². The minimum atomic E-state index is -0.784. The molecule has 25 heavy (non-hydrogen) atoms. The van der Waals surface area contributed by atoms with E-state index in [1.54, 1.807) is 12.1 Å². The normalized spacial score (nSPS) is 10.4. The van der Waals surface area contributed by atoms with Crippen molar-refractivity contribution in [1.82, 2.24) is 0 Å². The van der Waals surface area contributed by atoms with E-state index in [2.05, 4.69) is 0 Å². The summed E-state index contributed by atoms with van der Waals surface area (Å²) in [6.07, 6.45) is 0. The third-order valence-electron chi connectivity index (χ3n) is 3.44. The van der Waals surface area contributed by atoms with Crippen LogP contribution in [0.4, 0.5) is 11.4 Å². The Kier molecular flexibility index (Phi) is 5.84. The quantitative estimate of drug-likeness (QED) is 0.457. The number of ether oxygens (including phenoxy) is 1. The van der Waals surface area contributed by atoms with Crippen molar-refractivity contribution in [2.45, 2.75) is 19.9 Å². The van der Waals surface area contributed by atoms with Crippen molar-refractivity contribution in [1.29, 1.82) is 0 Å². The molecule has 130 valence electrons. The van der Waals surface area contributed by atoms with E-state index in [0.29, 0.717) is 5.69 Å². The Labute approximate surface area is 145 Å². The average molecular weight is 342 g/mol. The first kappa shape index (κ1) is 18.1. The van der Waals surface area contributed by atoms with Gasteiger partial charge in [-0.3, -0.25) is 14.9 Å². The fraction of sp³-hybridized carbons (Fsp3) is 0.222. The van der Waals surface area contributed by atoms with Crippen LogP contribution in [-0.2, 0) is 9.53 Å². The lowest BCUT2D eigenvalue weighted by molar-refractivity contribution is -0.384. The summed E-state index contributed by atoms with van der Waals surface area (Å²) in [5, 5.41) is 10.8. The van der Waals surface area contributed by atoms with Crippen LogP contribution in [0.1, 0.15) is 24.2 Å². The first-order valence-electron chi connectivity index (χ1n) is 7.69. The van der Waals surface area contributed by atoms with Crippen molar-refractivity contribution in [3.05, 3.63) is 70.3 Å². The lowest BCUT2D eigenvalue weighted by Crippen LogP contribution is -2.39. The molecule has 0 radical (unpaired) electrons. The van der Waals surface area contributed by atoms with Gasteiger partial charge in [0.2, 0.25) is 0 Å². The second-order valence-electron chi connectivity index (χ2n) is 5.58. The number of hydrogen-bond donors (Lipinski definition) is 0. The summed E-state index contributed by atoms with van der Waals surface area (Å²) in [6, 6.07) is 14.1. The topological polar surface area (TPSA) is 89.8 Å². The summed E-state index contributed by atoms with van der Waals surface area (Å²) < 4.78 is 5.02. The van der Waals surface area contributed by atoms with E-state index < -0.39 is 17.5 Å². The van der Waals surface area contributed by atoms with Crippen molar-refractivity contribution in [2.75, 3.05) is 11.5 Å². The lowest BCUT2D eigenvalue weighted by Gasteiger charge is -2.26. The largest absolute Gasteiger partial charge is 0.452 e. The summed E-state index contributed by atoms with van der Waals surface area (Å²) >= 11 is 0. The molecular weight excluding hydrogens is 324 g/mol. The van der Waals surface area contributed by atoms with Gasteiger partial charge in [-0.2, -0.15) is 0 Å². The van der Waals surface area contributed by atoms with Gasteiger partial charge in [0.1, 0.15) is 0 Å². The highest BCUT2D eigenvalue weighted by Crippen LogP contribution is 2.17. The average Bonchev–Trinajstić information content (AvgIpc) is 2.60. The number of nitrogens with zero attached hydrogens (tertiary/aromatic N) is 2. The van der Waals surface area contributed by atoms with Crippen molar-refractivity contribution in [3.63, 3.8) is 0 Å². The molecule has 7 heteroatoms. The van der Waals surface area contributed by atoms with Gasteiger partial charge < -0.3 is 9.64 Å². The highest BCUT2D eigenvalue weighted by atomic mass is 16.6. The Balaban J connectivity index is 2.06. The molecule has 1 amide bonds. The molecule has 0 saturated carbocycles. The highest BCUT2D eigenvalue weighted by molar-refractivity contribution is 5.97. The van der Waals surface area contributed by atoms with Crippen LogP contribution in [0.25, 0.3) is 0 Å². The Morgan fingerprint density at radius 2 is 1.80 bits per heavy atom. The predicted octanol–water partition coefficient (Wildman–Crippen LogP) is 3.19. The number of carbonyl (C=O) groups excluding carboxylic acids is 2. The lowest BCUT2D eigenvalue weighted by atomic mass is 10.2. The number of benzene rings is 2. The van der Waals surface area contributed by atoms with E-state index in [0.717, 1.165) is 6.07 Å². The van der Waals surface area contributed by atoms with E-state index in [9.17, 15) is 19.7 Å². The van der Waals surface area contributed by atoms with Crippen LogP contribution in [0.3, 0.4) is 0 Å². The molecule has 0 bridgehead atoms. The number of non-ortho nitro benzene ring substituents is 1. The minimum absolute atomic E-state index is 0.0257. The molecule has 0 aliphatic carbocycles. The molecule has 0 N–H and O–H groups in total. The Morgan fingerprint density at radius 3 is 2.40 bits per heavy atom. The smallest absolute Gasteiger partial charge is 0.338 e. The van der Waals surface area contributed by atoms with Crippen LogP contribution in [0.15, 0.2) is 54.6 Å². The van der Waals surface area contributed by atoms with Crippen LogP contribution < -0.4 is 4.90 Å². The minimum Gasteiger partial charge on any atom is -0.452 e. The van der Waals surface area contributed by atoms with Crippen molar-refractivity contribution >= 4 is 23.3 Å². The Hall–Kier alpha value is -3.22. The number of nitro benzene ring substituents is 1. The first-order chi connectivity index (χ1) is 11.9. The molecule has 0 spiro atoms. The summed E-state index contributed by atoms with van der Waals surface area (Å²) in [5.74, 6) is -1.16. The van der Waals surface area contributed by atoms with Gasteiger partial charge in [-0.15, -0.1) is 0 Å². The van der Waals surface area contributed by atoms with Gasteiger partial charge in [0.25, 0.3) is 11.6 Å². The molecule has 0 heterocycles. The third-order valence-corrected chi connectivity index (χ3v) is 3.44. The van der Waals surface area contributed by atoms with Gasteiger partial charge in [-0.1, -0.05) is 24.3 Å². The van der Waals surface area contributed by atoms with Crippen molar-refractivity contribution in [3.8, 4) is 0 Å². The van der Waals surface area contributed by atoms with Crippen molar-refractivity contribution in [2.24, 2.45) is 0 Å². The number of anilines is 1. The molecule has 0 aromatic heterocycles. The predicted molar refractivity (Wildman–Crippen MR) is 92.4 cm³/mol. The molecule has 2 rings (SSSR count). The van der Waals surface area contributed by atoms with E-state index >= 15 is 0 Å². The van der Waals surface area contributed by atoms with Crippen LogP contribution in [-0.4, -0.2) is 29.4 Å². The summed E-state index contributed by atoms with van der Waals surface area (Å²) in [4.78, 5) is 36.2. The SMILES string of the molecule is CC(C)N(C(=O)COC(=O)c1cccc([N+](=O)[O-])c1)c1ccccc1. The molecule has 2 aromatic carbocycles. The number of amides is 1.